The molecule has 0 aliphatic heterocycles. The summed E-state index contributed by atoms with van der Waals surface area (Å²) in [7, 11) is 1.86. The Kier molecular flexibility index (Phi) is 6.52. The molecule has 2 aromatic carbocycles. The molecule has 0 bridgehead atoms. The van der Waals surface area contributed by atoms with Crippen molar-refractivity contribution in [1.82, 2.24) is 30.7 Å². The molecule has 168 valence electrons. The van der Waals surface area contributed by atoms with Crippen molar-refractivity contribution < 1.29 is 9.42 Å². The Morgan fingerprint density at radius 3 is 2.73 bits per heavy atom. The van der Waals surface area contributed by atoms with Gasteiger partial charge in [-0.05, 0) is 28.5 Å². The van der Waals surface area contributed by atoms with E-state index in [9.17, 15) is 4.79 Å². The Hall–Kier alpha value is -3.96. The van der Waals surface area contributed by atoms with Gasteiger partial charge in [0.2, 0.25) is 11.6 Å². The number of anilines is 2. The first-order valence-corrected chi connectivity index (χ1v) is 10.3. The Bertz CT molecular complexity index is 1300. The first-order chi connectivity index (χ1) is 16.0. The van der Waals surface area contributed by atoms with Gasteiger partial charge in [-0.2, -0.15) is 9.78 Å². The van der Waals surface area contributed by atoms with Crippen LogP contribution in [0.25, 0.3) is 5.82 Å². The van der Waals surface area contributed by atoms with Gasteiger partial charge in [-0.3, -0.25) is 4.79 Å². The zero-order chi connectivity index (χ0) is 23.4. The van der Waals surface area contributed by atoms with Crippen LogP contribution in [0.4, 0.5) is 11.5 Å². The summed E-state index contributed by atoms with van der Waals surface area (Å²) in [5.41, 5.74) is 10.1. The molecule has 0 spiro atoms. The first-order valence-electron chi connectivity index (χ1n) is 9.52. The Morgan fingerprint density at radius 1 is 1.21 bits per heavy atom. The smallest absolute Gasteiger partial charge is 0.293 e. The standard InChI is InChI=1S/C20H17Cl2N9O2/c1-30(13-7-3-2-4-8-13)11-15-17(25-29-31(15)19-18(23)27-33-28-19)20(32)26-24-10-12-6-5-9-14(21)16(12)22/h2-10H,11H2,1H3,(H2,23,27)(H,26,32). The van der Waals surface area contributed by atoms with Crippen molar-refractivity contribution in [2.75, 3.05) is 17.7 Å². The fraction of sp³-hybridized carbons (Fsp3) is 0.100. The van der Waals surface area contributed by atoms with Gasteiger partial charge >= 0.3 is 0 Å². The van der Waals surface area contributed by atoms with Crippen LogP contribution in [0.15, 0.2) is 58.3 Å². The zero-order valence-corrected chi connectivity index (χ0v) is 18.7. The number of hydrogen-bond donors (Lipinski definition) is 2. The molecule has 4 aromatic rings. The molecule has 0 aliphatic carbocycles. The molecule has 0 unspecified atom stereocenters. The highest BCUT2D eigenvalue weighted by Gasteiger charge is 2.25. The molecule has 0 saturated carbocycles. The first kappa shape index (κ1) is 22.2. The fourth-order valence-corrected chi connectivity index (χ4v) is 3.32. The quantitative estimate of drug-likeness (QED) is 0.300. The summed E-state index contributed by atoms with van der Waals surface area (Å²) in [4.78, 5) is 14.8. The second-order valence-corrected chi connectivity index (χ2v) is 7.59. The summed E-state index contributed by atoms with van der Waals surface area (Å²) in [6.07, 6.45) is 1.38. The van der Waals surface area contributed by atoms with Crippen LogP contribution in [0.2, 0.25) is 10.0 Å². The minimum absolute atomic E-state index is 0.00379. The number of para-hydroxylation sites is 1. The molecule has 13 heteroatoms. The van der Waals surface area contributed by atoms with E-state index < -0.39 is 5.91 Å². The second-order valence-electron chi connectivity index (χ2n) is 6.80. The van der Waals surface area contributed by atoms with Gasteiger partial charge < -0.3 is 10.6 Å². The molecule has 4 rings (SSSR count). The number of nitrogens with one attached hydrogen (secondary N) is 1. The molecule has 0 atom stereocenters. The zero-order valence-electron chi connectivity index (χ0n) is 17.2. The van der Waals surface area contributed by atoms with Crippen molar-refractivity contribution in [2.45, 2.75) is 6.54 Å². The van der Waals surface area contributed by atoms with Gasteiger partial charge in [0.1, 0.15) is 0 Å². The number of carbonyl (C=O) groups excluding carboxylic acids is 1. The molecule has 0 radical (unpaired) electrons. The summed E-state index contributed by atoms with van der Waals surface area (Å²) in [6.45, 7) is 0.246. The highest BCUT2D eigenvalue weighted by atomic mass is 35.5. The van der Waals surface area contributed by atoms with Crippen LogP contribution < -0.4 is 16.1 Å². The number of nitrogens with two attached hydrogens (primary N) is 1. The lowest BCUT2D eigenvalue weighted by atomic mass is 10.2. The maximum Gasteiger partial charge on any atom is 0.293 e. The molecule has 0 fully saturated rings. The fourth-order valence-electron chi connectivity index (χ4n) is 2.96. The highest BCUT2D eigenvalue weighted by Crippen LogP contribution is 2.24. The largest absolute Gasteiger partial charge is 0.378 e. The van der Waals surface area contributed by atoms with Crippen molar-refractivity contribution in [3.63, 3.8) is 0 Å². The van der Waals surface area contributed by atoms with E-state index in [0.717, 1.165) is 5.69 Å². The molecule has 1 amide bonds. The van der Waals surface area contributed by atoms with Crippen molar-refractivity contribution >= 4 is 46.8 Å². The number of halogens is 2. The number of nitrogens with zero attached hydrogens (tertiary/aromatic N) is 7. The van der Waals surface area contributed by atoms with E-state index in [4.69, 9.17) is 28.9 Å². The maximum absolute atomic E-state index is 12.9. The summed E-state index contributed by atoms with van der Waals surface area (Å²) < 4.78 is 5.98. The average molecular weight is 486 g/mol. The molecule has 2 heterocycles. The molecule has 0 saturated heterocycles. The van der Waals surface area contributed by atoms with Crippen LogP contribution in [-0.2, 0) is 6.54 Å². The summed E-state index contributed by atoms with van der Waals surface area (Å²) in [5, 5.41) is 20.0. The molecule has 11 nitrogen and oxygen atoms in total. The Morgan fingerprint density at radius 2 is 2.00 bits per heavy atom. The van der Waals surface area contributed by atoms with Crippen LogP contribution >= 0.6 is 23.2 Å². The lowest BCUT2D eigenvalue weighted by Crippen LogP contribution is -2.24. The van der Waals surface area contributed by atoms with Gasteiger partial charge in [0.15, 0.2) is 5.69 Å². The summed E-state index contributed by atoms with van der Waals surface area (Å²) in [6, 6.07) is 14.7. The molecule has 0 aliphatic rings. The van der Waals surface area contributed by atoms with Gasteiger partial charge in [-0.25, -0.2) is 10.1 Å². The van der Waals surface area contributed by atoms with E-state index in [1.165, 1.54) is 10.9 Å². The van der Waals surface area contributed by atoms with Crippen LogP contribution in [0, 0.1) is 0 Å². The molecular formula is C20H17Cl2N9O2. The minimum Gasteiger partial charge on any atom is -0.378 e. The van der Waals surface area contributed by atoms with Crippen LogP contribution in [-0.4, -0.2) is 44.5 Å². The van der Waals surface area contributed by atoms with Crippen molar-refractivity contribution in [3.05, 3.63) is 75.5 Å². The van der Waals surface area contributed by atoms with Gasteiger partial charge in [0.05, 0.1) is 28.5 Å². The maximum atomic E-state index is 12.9. The van der Waals surface area contributed by atoms with Gasteiger partial charge in [0, 0.05) is 18.3 Å². The van der Waals surface area contributed by atoms with E-state index in [-0.39, 0.29) is 23.9 Å². The predicted octanol–water partition coefficient (Wildman–Crippen LogP) is 2.94. The van der Waals surface area contributed by atoms with E-state index in [1.807, 2.05) is 42.3 Å². The third kappa shape index (κ3) is 4.78. The topological polar surface area (TPSA) is 140 Å². The van der Waals surface area contributed by atoms with Crippen molar-refractivity contribution in [2.24, 2.45) is 5.10 Å². The number of carbonyl (C=O) groups is 1. The van der Waals surface area contributed by atoms with E-state index in [0.29, 0.717) is 21.3 Å². The van der Waals surface area contributed by atoms with Crippen molar-refractivity contribution in [1.29, 1.82) is 0 Å². The third-order valence-corrected chi connectivity index (χ3v) is 5.44. The number of amides is 1. The summed E-state index contributed by atoms with van der Waals surface area (Å²) >= 11 is 12.1. The van der Waals surface area contributed by atoms with Gasteiger partial charge in [-0.1, -0.05) is 58.7 Å². The molecule has 33 heavy (non-hydrogen) atoms. The third-order valence-electron chi connectivity index (χ3n) is 4.61. The van der Waals surface area contributed by atoms with E-state index in [1.54, 1.807) is 18.2 Å². The van der Waals surface area contributed by atoms with Crippen LogP contribution in [0.5, 0.6) is 0 Å². The Balaban J connectivity index is 1.62. The lowest BCUT2D eigenvalue weighted by molar-refractivity contribution is 0.0949. The minimum atomic E-state index is -0.595. The average Bonchev–Trinajstić information content (AvgIpc) is 3.42. The number of benzene rings is 2. The highest BCUT2D eigenvalue weighted by molar-refractivity contribution is 6.43. The number of hydrazone groups is 1. The Labute approximate surface area is 197 Å². The van der Waals surface area contributed by atoms with E-state index in [2.05, 4.69) is 35.8 Å². The van der Waals surface area contributed by atoms with Crippen molar-refractivity contribution in [3.8, 4) is 5.82 Å². The molecular weight excluding hydrogens is 469 g/mol. The second kappa shape index (κ2) is 9.67. The number of hydrogen-bond acceptors (Lipinski definition) is 9. The number of aromatic nitrogens is 5. The van der Waals surface area contributed by atoms with Gasteiger partial charge in [0.25, 0.3) is 5.91 Å². The molecule has 3 N–H and O–H groups in total. The lowest BCUT2D eigenvalue weighted by Gasteiger charge is -2.19. The monoisotopic (exact) mass is 485 g/mol. The SMILES string of the molecule is CN(Cc1c(C(=O)NN=Cc2cccc(Cl)c2Cl)nnn1-c1nonc1N)c1ccccc1. The summed E-state index contributed by atoms with van der Waals surface area (Å²) in [5.74, 6) is -0.474. The van der Waals surface area contributed by atoms with E-state index >= 15 is 0 Å². The number of nitrogen functional groups attached to an aromatic ring is 1. The van der Waals surface area contributed by atoms with Crippen LogP contribution in [0.3, 0.4) is 0 Å². The number of rotatable bonds is 7. The molecule has 2 aromatic heterocycles. The van der Waals surface area contributed by atoms with Crippen LogP contribution in [0.1, 0.15) is 21.7 Å². The predicted molar refractivity (Wildman–Crippen MR) is 124 cm³/mol. The van der Waals surface area contributed by atoms with Gasteiger partial charge in [-0.15, -0.1) is 5.10 Å². The normalized spacial score (nSPS) is 11.1.